The van der Waals surface area contributed by atoms with E-state index < -0.39 is 11.6 Å². The Morgan fingerprint density at radius 2 is 2.00 bits per heavy atom. The minimum absolute atomic E-state index is 0.264. The highest BCUT2D eigenvalue weighted by molar-refractivity contribution is 5.45. The molecule has 1 unspecified atom stereocenters. The second-order valence-corrected chi connectivity index (χ2v) is 4.02. The molecule has 1 rings (SSSR count). The standard InChI is InChI=1S/C13H19F2N/c1-3-5-6-11(4-2)16-13-8-7-10(14)9-12(13)15/h7-9,11,16H,3-6H2,1-2H3. The lowest BCUT2D eigenvalue weighted by Gasteiger charge is -2.18. The fourth-order valence-electron chi connectivity index (χ4n) is 1.66. The van der Waals surface area contributed by atoms with Gasteiger partial charge in [0.15, 0.2) is 0 Å². The number of anilines is 1. The van der Waals surface area contributed by atoms with Crippen LogP contribution in [0.15, 0.2) is 18.2 Å². The number of rotatable bonds is 6. The molecule has 1 aromatic carbocycles. The molecular weight excluding hydrogens is 208 g/mol. The van der Waals surface area contributed by atoms with Crippen molar-refractivity contribution in [3.8, 4) is 0 Å². The van der Waals surface area contributed by atoms with E-state index in [2.05, 4.69) is 19.2 Å². The third-order valence-corrected chi connectivity index (χ3v) is 2.69. The van der Waals surface area contributed by atoms with E-state index in [-0.39, 0.29) is 6.04 Å². The molecule has 90 valence electrons. The van der Waals surface area contributed by atoms with Crippen molar-refractivity contribution < 1.29 is 8.78 Å². The molecule has 0 aliphatic rings. The first-order valence-electron chi connectivity index (χ1n) is 5.89. The Labute approximate surface area is 95.9 Å². The highest BCUT2D eigenvalue weighted by Crippen LogP contribution is 2.18. The van der Waals surface area contributed by atoms with Gasteiger partial charge in [0.2, 0.25) is 0 Å². The summed E-state index contributed by atoms with van der Waals surface area (Å²) in [5.74, 6) is -1.06. The van der Waals surface area contributed by atoms with Crippen LogP contribution in [0.2, 0.25) is 0 Å². The fraction of sp³-hybridized carbons (Fsp3) is 0.538. The van der Waals surface area contributed by atoms with Gasteiger partial charge in [-0.1, -0.05) is 26.7 Å². The molecular formula is C13H19F2N. The molecule has 0 bridgehead atoms. The molecule has 1 nitrogen and oxygen atoms in total. The van der Waals surface area contributed by atoms with Crippen molar-refractivity contribution in [2.75, 3.05) is 5.32 Å². The molecule has 16 heavy (non-hydrogen) atoms. The zero-order valence-electron chi connectivity index (χ0n) is 9.89. The molecule has 0 fully saturated rings. The lowest BCUT2D eigenvalue weighted by atomic mass is 10.1. The molecule has 0 saturated carbocycles. The second kappa shape index (κ2) is 6.46. The average molecular weight is 227 g/mol. The maximum Gasteiger partial charge on any atom is 0.149 e. The zero-order chi connectivity index (χ0) is 12.0. The van der Waals surface area contributed by atoms with E-state index in [1.165, 1.54) is 12.1 Å². The van der Waals surface area contributed by atoms with Gasteiger partial charge in [-0.2, -0.15) is 0 Å². The van der Waals surface area contributed by atoms with Crippen LogP contribution >= 0.6 is 0 Å². The van der Waals surface area contributed by atoms with Crippen LogP contribution in [0.25, 0.3) is 0 Å². The fourth-order valence-corrected chi connectivity index (χ4v) is 1.66. The predicted octanol–water partition coefficient (Wildman–Crippen LogP) is 4.35. The predicted molar refractivity (Wildman–Crippen MR) is 63.6 cm³/mol. The highest BCUT2D eigenvalue weighted by atomic mass is 19.1. The molecule has 0 aliphatic heterocycles. The summed E-state index contributed by atoms with van der Waals surface area (Å²) in [6.45, 7) is 4.19. The highest BCUT2D eigenvalue weighted by Gasteiger charge is 2.09. The Morgan fingerprint density at radius 1 is 1.25 bits per heavy atom. The van der Waals surface area contributed by atoms with Gasteiger partial charge < -0.3 is 5.32 Å². The average Bonchev–Trinajstić information content (AvgIpc) is 2.27. The zero-order valence-corrected chi connectivity index (χ0v) is 9.89. The molecule has 0 radical (unpaired) electrons. The summed E-state index contributed by atoms with van der Waals surface area (Å²) >= 11 is 0. The van der Waals surface area contributed by atoms with E-state index in [0.29, 0.717) is 5.69 Å². The summed E-state index contributed by atoms with van der Waals surface area (Å²) in [7, 11) is 0. The van der Waals surface area contributed by atoms with Crippen molar-refractivity contribution in [2.24, 2.45) is 0 Å². The van der Waals surface area contributed by atoms with Crippen LogP contribution < -0.4 is 5.32 Å². The van der Waals surface area contributed by atoms with Crippen LogP contribution in [-0.2, 0) is 0 Å². The van der Waals surface area contributed by atoms with Gasteiger partial charge in [-0.15, -0.1) is 0 Å². The van der Waals surface area contributed by atoms with Crippen molar-refractivity contribution in [3.63, 3.8) is 0 Å². The van der Waals surface area contributed by atoms with Crippen molar-refractivity contribution in [2.45, 2.75) is 45.6 Å². The molecule has 1 N–H and O–H groups in total. The van der Waals surface area contributed by atoms with Gasteiger partial charge in [0, 0.05) is 12.1 Å². The van der Waals surface area contributed by atoms with Crippen LogP contribution in [0.4, 0.5) is 14.5 Å². The molecule has 0 saturated heterocycles. The number of hydrogen-bond acceptors (Lipinski definition) is 1. The lowest BCUT2D eigenvalue weighted by Crippen LogP contribution is -2.19. The van der Waals surface area contributed by atoms with Gasteiger partial charge in [-0.25, -0.2) is 8.78 Å². The number of unbranched alkanes of at least 4 members (excludes halogenated alkanes) is 1. The largest absolute Gasteiger partial charge is 0.380 e. The van der Waals surface area contributed by atoms with Gasteiger partial charge >= 0.3 is 0 Å². The molecule has 0 heterocycles. The van der Waals surface area contributed by atoms with E-state index in [1.54, 1.807) is 0 Å². The molecule has 0 amide bonds. The van der Waals surface area contributed by atoms with E-state index in [4.69, 9.17) is 0 Å². The van der Waals surface area contributed by atoms with E-state index in [0.717, 1.165) is 31.7 Å². The first-order valence-corrected chi connectivity index (χ1v) is 5.89. The van der Waals surface area contributed by atoms with Crippen molar-refractivity contribution in [1.29, 1.82) is 0 Å². The van der Waals surface area contributed by atoms with Gasteiger partial charge in [-0.3, -0.25) is 0 Å². The topological polar surface area (TPSA) is 12.0 Å². The number of nitrogens with one attached hydrogen (secondary N) is 1. The van der Waals surface area contributed by atoms with Gasteiger partial charge in [0.1, 0.15) is 11.6 Å². The Balaban J connectivity index is 2.62. The number of benzene rings is 1. The third kappa shape index (κ3) is 3.80. The Hall–Kier alpha value is -1.12. The van der Waals surface area contributed by atoms with Crippen LogP contribution in [-0.4, -0.2) is 6.04 Å². The Morgan fingerprint density at radius 3 is 2.56 bits per heavy atom. The minimum Gasteiger partial charge on any atom is -0.380 e. The summed E-state index contributed by atoms with van der Waals surface area (Å²) in [4.78, 5) is 0. The first-order chi connectivity index (χ1) is 7.67. The monoisotopic (exact) mass is 227 g/mol. The molecule has 0 aliphatic carbocycles. The van der Waals surface area contributed by atoms with Crippen molar-refractivity contribution >= 4 is 5.69 Å². The molecule has 0 aromatic heterocycles. The maximum atomic E-state index is 13.4. The Bertz CT molecular complexity index is 326. The Kier molecular flexibility index (Phi) is 5.23. The molecule has 1 atom stereocenters. The molecule has 1 aromatic rings. The summed E-state index contributed by atoms with van der Waals surface area (Å²) in [5.41, 5.74) is 0.393. The van der Waals surface area contributed by atoms with Crippen molar-refractivity contribution in [1.82, 2.24) is 0 Å². The smallest absolute Gasteiger partial charge is 0.149 e. The van der Waals surface area contributed by atoms with Crippen molar-refractivity contribution in [3.05, 3.63) is 29.8 Å². The van der Waals surface area contributed by atoms with E-state index >= 15 is 0 Å². The van der Waals surface area contributed by atoms with Gasteiger partial charge in [-0.05, 0) is 25.0 Å². The lowest BCUT2D eigenvalue weighted by molar-refractivity contribution is 0.568. The van der Waals surface area contributed by atoms with Gasteiger partial charge in [0.25, 0.3) is 0 Å². The number of hydrogen-bond donors (Lipinski definition) is 1. The molecule has 0 spiro atoms. The molecule has 3 heteroatoms. The maximum absolute atomic E-state index is 13.4. The van der Waals surface area contributed by atoms with Crippen LogP contribution in [0.1, 0.15) is 39.5 Å². The van der Waals surface area contributed by atoms with Crippen LogP contribution in [0.3, 0.4) is 0 Å². The summed E-state index contributed by atoms with van der Waals surface area (Å²) in [6.07, 6.45) is 4.21. The van der Waals surface area contributed by atoms with E-state index in [9.17, 15) is 8.78 Å². The summed E-state index contributed by atoms with van der Waals surface area (Å²) < 4.78 is 26.1. The number of halogens is 2. The van der Waals surface area contributed by atoms with Gasteiger partial charge in [0.05, 0.1) is 5.69 Å². The summed E-state index contributed by atoms with van der Waals surface area (Å²) in [5, 5.41) is 3.12. The quantitative estimate of drug-likeness (QED) is 0.762. The van der Waals surface area contributed by atoms with Crippen LogP contribution in [0.5, 0.6) is 0 Å². The third-order valence-electron chi connectivity index (χ3n) is 2.69. The SMILES string of the molecule is CCCCC(CC)Nc1ccc(F)cc1F. The normalized spacial score (nSPS) is 12.5. The first kappa shape index (κ1) is 12.9. The summed E-state index contributed by atoms with van der Waals surface area (Å²) in [6, 6.07) is 3.91. The van der Waals surface area contributed by atoms with E-state index in [1.807, 2.05) is 0 Å². The second-order valence-electron chi connectivity index (χ2n) is 4.02. The van der Waals surface area contributed by atoms with Crippen LogP contribution in [0, 0.1) is 11.6 Å². The minimum atomic E-state index is -0.537.